The van der Waals surface area contributed by atoms with Gasteiger partial charge in [-0.1, -0.05) is 48.5 Å². The normalized spacial score (nSPS) is 12.3. The molecule has 0 amide bonds. The van der Waals surface area contributed by atoms with Crippen molar-refractivity contribution in [1.29, 1.82) is 0 Å². The molecule has 2 aromatic carbocycles. The number of aliphatic hydroxyl groups excluding tert-OH is 1. The second-order valence-electron chi connectivity index (χ2n) is 4.54. The van der Waals surface area contributed by atoms with E-state index >= 15 is 0 Å². The summed E-state index contributed by atoms with van der Waals surface area (Å²) >= 11 is 2.34. The molecule has 2 rings (SSSR count). The lowest BCUT2D eigenvalue weighted by molar-refractivity contribution is 0.240. The topological polar surface area (TPSA) is 32.3 Å². The molecule has 0 heterocycles. The van der Waals surface area contributed by atoms with Crippen molar-refractivity contribution in [1.82, 2.24) is 5.32 Å². The number of benzene rings is 2. The van der Waals surface area contributed by atoms with E-state index < -0.39 is 0 Å². The lowest BCUT2D eigenvalue weighted by Crippen LogP contribution is -2.34. The molecule has 0 unspecified atom stereocenters. The molecular weight excluding hydrogens is 349 g/mol. The van der Waals surface area contributed by atoms with Gasteiger partial charge in [0.05, 0.1) is 6.61 Å². The highest BCUT2D eigenvalue weighted by Crippen LogP contribution is 2.11. The number of hydrogen-bond acceptors (Lipinski definition) is 2. The molecule has 0 aliphatic carbocycles. The van der Waals surface area contributed by atoms with Crippen molar-refractivity contribution in [2.75, 3.05) is 6.61 Å². The summed E-state index contributed by atoms with van der Waals surface area (Å²) in [5, 5.41) is 12.9. The second kappa shape index (κ2) is 7.62. The van der Waals surface area contributed by atoms with Crippen LogP contribution in [0.4, 0.5) is 0 Å². The average molecular weight is 367 g/mol. The summed E-state index contributed by atoms with van der Waals surface area (Å²) in [4.78, 5) is 0. The molecule has 2 N–H and O–H groups in total. The summed E-state index contributed by atoms with van der Waals surface area (Å²) in [6, 6.07) is 18.7. The van der Waals surface area contributed by atoms with Crippen LogP contribution in [-0.4, -0.2) is 17.8 Å². The molecule has 0 aliphatic rings. The van der Waals surface area contributed by atoms with Crippen LogP contribution >= 0.6 is 22.6 Å². The lowest BCUT2D eigenvalue weighted by Gasteiger charge is -2.17. The summed E-state index contributed by atoms with van der Waals surface area (Å²) in [6.45, 7) is 0.940. The number of nitrogens with one attached hydrogen (secondary N) is 1. The first kappa shape index (κ1) is 14.5. The van der Waals surface area contributed by atoms with Crippen LogP contribution in [0.15, 0.2) is 54.6 Å². The van der Waals surface area contributed by atoms with E-state index in [1.807, 2.05) is 30.3 Å². The molecule has 0 spiro atoms. The third-order valence-corrected chi connectivity index (χ3v) is 4.14. The Balaban J connectivity index is 1.91. The van der Waals surface area contributed by atoms with Crippen molar-refractivity contribution in [3.8, 4) is 0 Å². The minimum Gasteiger partial charge on any atom is -0.395 e. The predicted octanol–water partition coefficient (Wildman–Crippen LogP) is 2.98. The van der Waals surface area contributed by atoms with Crippen LogP contribution in [-0.2, 0) is 13.0 Å². The molecule has 0 radical (unpaired) electrons. The zero-order valence-corrected chi connectivity index (χ0v) is 12.9. The molecule has 0 bridgehead atoms. The number of hydrogen-bond donors (Lipinski definition) is 2. The monoisotopic (exact) mass is 367 g/mol. The highest BCUT2D eigenvalue weighted by molar-refractivity contribution is 14.1. The summed E-state index contributed by atoms with van der Waals surface area (Å²) in [6.07, 6.45) is 0.848. The third-order valence-electron chi connectivity index (χ3n) is 3.08. The van der Waals surface area contributed by atoms with E-state index in [9.17, 15) is 5.11 Å². The van der Waals surface area contributed by atoms with Crippen LogP contribution in [0.25, 0.3) is 0 Å². The van der Waals surface area contributed by atoms with Gasteiger partial charge >= 0.3 is 0 Å². The lowest BCUT2D eigenvalue weighted by atomic mass is 10.1. The van der Waals surface area contributed by atoms with E-state index in [2.05, 4.69) is 52.2 Å². The Morgan fingerprint density at radius 3 is 2.37 bits per heavy atom. The van der Waals surface area contributed by atoms with Crippen molar-refractivity contribution < 1.29 is 5.11 Å². The molecule has 0 fully saturated rings. The van der Waals surface area contributed by atoms with Crippen molar-refractivity contribution >= 4 is 22.6 Å². The maximum atomic E-state index is 9.47. The van der Waals surface area contributed by atoms with Gasteiger partial charge in [-0.2, -0.15) is 0 Å². The molecule has 0 aromatic heterocycles. The highest BCUT2D eigenvalue weighted by Gasteiger charge is 2.08. The molecular formula is C16H18INO. The Morgan fingerprint density at radius 1 is 1.00 bits per heavy atom. The number of aliphatic hydroxyl groups is 1. The first-order valence-electron chi connectivity index (χ1n) is 6.41. The Labute approximate surface area is 128 Å². The van der Waals surface area contributed by atoms with Crippen molar-refractivity contribution in [3.05, 3.63) is 69.3 Å². The van der Waals surface area contributed by atoms with Crippen LogP contribution in [0.3, 0.4) is 0 Å². The minimum absolute atomic E-state index is 0.0957. The number of halogens is 1. The van der Waals surface area contributed by atoms with Crippen LogP contribution < -0.4 is 5.32 Å². The molecule has 19 heavy (non-hydrogen) atoms. The fourth-order valence-electron chi connectivity index (χ4n) is 2.00. The minimum atomic E-state index is 0.0957. The van der Waals surface area contributed by atoms with E-state index in [0.29, 0.717) is 0 Å². The van der Waals surface area contributed by atoms with E-state index in [4.69, 9.17) is 0 Å². The summed E-state index contributed by atoms with van der Waals surface area (Å²) in [5.41, 5.74) is 2.52. The van der Waals surface area contributed by atoms with Crippen LogP contribution in [0.2, 0.25) is 0 Å². The first-order valence-corrected chi connectivity index (χ1v) is 7.49. The van der Waals surface area contributed by atoms with Gasteiger partial charge in [0.15, 0.2) is 0 Å². The zero-order valence-electron chi connectivity index (χ0n) is 10.7. The Morgan fingerprint density at radius 2 is 1.68 bits per heavy atom. The SMILES string of the molecule is OC[C@H](Cc1ccccc1)NCc1ccccc1I. The molecule has 2 nitrogen and oxygen atoms in total. The van der Waals surface area contributed by atoms with Gasteiger partial charge in [0.2, 0.25) is 0 Å². The molecule has 0 saturated heterocycles. The van der Waals surface area contributed by atoms with E-state index in [1.54, 1.807) is 0 Å². The molecule has 0 aliphatic heterocycles. The van der Waals surface area contributed by atoms with Crippen molar-refractivity contribution in [3.63, 3.8) is 0 Å². The molecule has 1 atom stereocenters. The fourth-order valence-corrected chi connectivity index (χ4v) is 2.57. The van der Waals surface area contributed by atoms with E-state index in [-0.39, 0.29) is 12.6 Å². The maximum absolute atomic E-state index is 9.47. The number of rotatable bonds is 6. The van der Waals surface area contributed by atoms with E-state index in [0.717, 1.165) is 13.0 Å². The Hall–Kier alpha value is -0.910. The fraction of sp³-hybridized carbons (Fsp3) is 0.250. The van der Waals surface area contributed by atoms with Gasteiger partial charge in [0, 0.05) is 16.2 Å². The zero-order chi connectivity index (χ0) is 13.5. The Kier molecular flexibility index (Phi) is 5.82. The van der Waals surface area contributed by atoms with Gasteiger partial charge < -0.3 is 10.4 Å². The maximum Gasteiger partial charge on any atom is 0.0587 e. The summed E-state index contributed by atoms with van der Waals surface area (Å²) in [7, 11) is 0. The molecule has 2 aromatic rings. The smallest absolute Gasteiger partial charge is 0.0587 e. The highest BCUT2D eigenvalue weighted by atomic mass is 127. The third kappa shape index (κ3) is 4.60. The van der Waals surface area contributed by atoms with Crippen LogP contribution in [0.1, 0.15) is 11.1 Å². The molecule has 0 saturated carbocycles. The Bertz CT molecular complexity index is 501. The summed E-state index contributed by atoms with van der Waals surface area (Å²) < 4.78 is 1.25. The second-order valence-corrected chi connectivity index (χ2v) is 5.70. The van der Waals surface area contributed by atoms with Gasteiger partial charge in [-0.15, -0.1) is 0 Å². The van der Waals surface area contributed by atoms with Crippen LogP contribution in [0, 0.1) is 3.57 Å². The van der Waals surface area contributed by atoms with Crippen molar-refractivity contribution in [2.24, 2.45) is 0 Å². The first-order chi connectivity index (χ1) is 9.29. The van der Waals surface area contributed by atoms with Gasteiger partial charge in [-0.25, -0.2) is 0 Å². The van der Waals surface area contributed by atoms with Gasteiger partial charge in [-0.3, -0.25) is 0 Å². The molecule has 100 valence electrons. The van der Waals surface area contributed by atoms with Gasteiger partial charge in [-0.05, 0) is 46.2 Å². The average Bonchev–Trinajstić information content (AvgIpc) is 2.46. The van der Waals surface area contributed by atoms with Gasteiger partial charge in [0.25, 0.3) is 0 Å². The van der Waals surface area contributed by atoms with Crippen molar-refractivity contribution in [2.45, 2.75) is 19.0 Å². The predicted molar refractivity (Wildman–Crippen MR) is 87.0 cm³/mol. The molecule has 3 heteroatoms. The largest absolute Gasteiger partial charge is 0.395 e. The summed E-state index contributed by atoms with van der Waals surface area (Å²) in [5.74, 6) is 0. The van der Waals surface area contributed by atoms with E-state index in [1.165, 1.54) is 14.7 Å². The van der Waals surface area contributed by atoms with Crippen LogP contribution in [0.5, 0.6) is 0 Å². The quantitative estimate of drug-likeness (QED) is 0.770. The standard InChI is InChI=1S/C16H18INO/c17-16-9-5-4-8-14(16)11-18-15(12-19)10-13-6-2-1-3-7-13/h1-9,15,18-19H,10-12H2/t15-/m0/s1. The van der Waals surface area contributed by atoms with Gasteiger partial charge in [0.1, 0.15) is 0 Å².